The van der Waals surface area contributed by atoms with Crippen molar-refractivity contribution in [1.29, 1.82) is 0 Å². The Morgan fingerprint density at radius 2 is 1.92 bits per heavy atom. The molecule has 3 aromatic heterocycles. The number of nitrogens with two attached hydrogens (primary N) is 1. The third kappa shape index (κ3) is 5.58. The van der Waals surface area contributed by atoms with Crippen molar-refractivity contribution in [2.45, 2.75) is 20.3 Å². The van der Waals surface area contributed by atoms with Gasteiger partial charge in [0.15, 0.2) is 0 Å². The summed E-state index contributed by atoms with van der Waals surface area (Å²) in [5, 5.41) is 5.23. The van der Waals surface area contributed by atoms with E-state index in [4.69, 9.17) is 10.5 Å². The number of rotatable bonds is 10. The second-order valence-corrected chi connectivity index (χ2v) is 9.88. The number of carbonyl (C=O) groups excluding carboxylic acids is 1. The SMILES string of the molecule is Cc1cc2cc(C(=O)c3cnn(-c4cnc(Oc5ccc(F)cc5)cc4C)c3N)[nH]c2cc1NSCCCF. The first kappa shape index (κ1) is 26.2. The highest BCUT2D eigenvalue weighted by Crippen LogP contribution is 2.29. The molecule has 200 valence electrons. The molecule has 39 heavy (non-hydrogen) atoms. The number of benzene rings is 2. The predicted molar refractivity (Wildman–Crippen MR) is 150 cm³/mol. The molecule has 0 amide bonds. The molecular formula is C28H26F2N6O2S. The number of fused-ring (bicyclic) bond motifs is 1. The van der Waals surface area contributed by atoms with Crippen molar-refractivity contribution < 1.29 is 18.3 Å². The summed E-state index contributed by atoms with van der Waals surface area (Å²) < 4.78 is 35.9. The molecule has 0 aliphatic carbocycles. The molecule has 0 spiro atoms. The van der Waals surface area contributed by atoms with Crippen LogP contribution < -0.4 is 15.2 Å². The Balaban J connectivity index is 1.36. The molecular weight excluding hydrogens is 522 g/mol. The largest absolute Gasteiger partial charge is 0.439 e. The van der Waals surface area contributed by atoms with E-state index in [0.717, 1.165) is 27.7 Å². The van der Waals surface area contributed by atoms with Crippen LogP contribution in [0.4, 0.5) is 20.3 Å². The Morgan fingerprint density at radius 1 is 1.13 bits per heavy atom. The minimum Gasteiger partial charge on any atom is -0.439 e. The van der Waals surface area contributed by atoms with Gasteiger partial charge in [-0.2, -0.15) is 5.10 Å². The average Bonchev–Trinajstić information content (AvgIpc) is 3.50. The van der Waals surface area contributed by atoms with Gasteiger partial charge in [-0.25, -0.2) is 14.1 Å². The van der Waals surface area contributed by atoms with Gasteiger partial charge in [-0.1, -0.05) is 11.9 Å². The van der Waals surface area contributed by atoms with E-state index in [1.54, 1.807) is 18.3 Å². The van der Waals surface area contributed by atoms with Gasteiger partial charge in [0.05, 0.1) is 36.0 Å². The molecule has 0 aliphatic rings. The number of pyridine rings is 1. The van der Waals surface area contributed by atoms with Crippen molar-refractivity contribution in [3.05, 3.63) is 89.1 Å². The fourth-order valence-corrected chi connectivity index (χ4v) is 4.81. The first-order valence-corrected chi connectivity index (χ1v) is 13.2. The van der Waals surface area contributed by atoms with Gasteiger partial charge in [0.1, 0.15) is 17.4 Å². The third-order valence-corrected chi connectivity index (χ3v) is 7.00. The first-order valence-electron chi connectivity index (χ1n) is 12.2. The number of anilines is 2. The number of nitrogens with zero attached hydrogens (tertiary/aromatic N) is 3. The Kier molecular flexibility index (Phi) is 7.51. The summed E-state index contributed by atoms with van der Waals surface area (Å²) in [6, 6.07) is 13.1. The Morgan fingerprint density at radius 3 is 2.67 bits per heavy atom. The maximum atomic E-state index is 13.4. The molecule has 0 saturated carbocycles. The maximum Gasteiger partial charge on any atom is 0.219 e. The van der Waals surface area contributed by atoms with E-state index >= 15 is 0 Å². The van der Waals surface area contributed by atoms with Crippen LogP contribution in [0.15, 0.2) is 60.9 Å². The van der Waals surface area contributed by atoms with Crippen molar-refractivity contribution in [2.75, 3.05) is 22.9 Å². The summed E-state index contributed by atoms with van der Waals surface area (Å²) in [7, 11) is 0. The lowest BCUT2D eigenvalue weighted by Gasteiger charge is -2.10. The molecule has 11 heteroatoms. The molecule has 2 aromatic carbocycles. The zero-order chi connectivity index (χ0) is 27.5. The summed E-state index contributed by atoms with van der Waals surface area (Å²) in [5.41, 5.74) is 11.1. The van der Waals surface area contributed by atoms with Gasteiger partial charge < -0.3 is 20.2 Å². The van der Waals surface area contributed by atoms with E-state index in [1.807, 2.05) is 26.0 Å². The Hall–Kier alpha value is -4.38. The number of aromatic nitrogens is 4. The van der Waals surface area contributed by atoms with Crippen LogP contribution in [0.2, 0.25) is 0 Å². The smallest absolute Gasteiger partial charge is 0.219 e. The lowest BCUT2D eigenvalue weighted by molar-refractivity contribution is 0.103. The fraction of sp³-hybridized carbons (Fsp3) is 0.179. The van der Waals surface area contributed by atoms with Crippen LogP contribution in [-0.4, -0.2) is 38.0 Å². The van der Waals surface area contributed by atoms with Crippen LogP contribution >= 0.6 is 11.9 Å². The molecule has 0 unspecified atom stereocenters. The summed E-state index contributed by atoms with van der Waals surface area (Å²) in [6.07, 6.45) is 3.47. The number of aromatic amines is 1. The molecule has 0 fully saturated rings. The molecule has 5 aromatic rings. The van der Waals surface area contributed by atoms with Crippen molar-refractivity contribution in [3.63, 3.8) is 0 Å². The van der Waals surface area contributed by atoms with Gasteiger partial charge in [0, 0.05) is 28.4 Å². The van der Waals surface area contributed by atoms with Gasteiger partial charge in [0.25, 0.3) is 0 Å². The van der Waals surface area contributed by atoms with Crippen LogP contribution in [0.3, 0.4) is 0 Å². The van der Waals surface area contributed by atoms with E-state index < -0.39 is 0 Å². The van der Waals surface area contributed by atoms with E-state index in [9.17, 15) is 13.6 Å². The van der Waals surface area contributed by atoms with Crippen LogP contribution in [-0.2, 0) is 0 Å². The lowest BCUT2D eigenvalue weighted by atomic mass is 10.1. The molecule has 0 radical (unpaired) electrons. The Labute approximate surface area is 227 Å². The number of hydrogen-bond donors (Lipinski definition) is 3. The highest BCUT2D eigenvalue weighted by atomic mass is 32.2. The third-order valence-electron chi connectivity index (χ3n) is 6.15. The number of aryl methyl sites for hydroxylation is 2. The number of alkyl halides is 1. The molecule has 5 rings (SSSR count). The topological polar surface area (TPSA) is 111 Å². The van der Waals surface area contributed by atoms with Gasteiger partial charge in [-0.3, -0.25) is 9.18 Å². The van der Waals surface area contributed by atoms with Gasteiger partial charge in [-0.05, 0) is 73.9 Å². The zero-order valence-corrected chi connectivity index (χ0v) is 22.1. The standard InChI is InChI=1S/C28H26F2N6O2S/c1-16-10-18-12-24(34-23(18)13-22(16)35-39-9-3-8-29)27(37)21-14-33-36(28(21)31)25-15-32-26(11-17(25)2)38-20-6-4-19(30)5-7-20/h4-7,10-15,34-35H,3,8-9,31H2,1-2H3. The molecule has 3 heterocycles. The van der Waals surface area contributed by atoms with Crippen molar-refractivity contribution in [1.82, 2.24) is 19.7 Å². The number of nitrogen functional groups attached to an aromatic ring is 1. The number of ether oxygens (including phenoxy) is 1. The highest BCUT2D eigenvalue weighted by Gasteiger charge is 2.21. The normalized spacial score (nSPS) is 11.2. The summed E-state index contributed by atoms with van der Waals surface area (Å²) in [4.78, 5) is 20.9. The van der Waals surface area contributed by atoms with E-state index in [0.29, 0.717) is 35.2 Å². The second kappa shape index (κ2) is 11.2. The molecule has 0 aliphatic heterocycles. The fourth-order valence-electron chi connectivity index (χ4n) is 4.08. The summed E-state index contributed by atoms with van der Waals surface area (Å²) in [5.74, 6) is 0.971. The van der Waals surface area contributed by atoms with Crippen LogP contribution in [0, 0.1) is 19.7 Å². The van der Waals surface area contributed by atoms with Gasteiger partial charge in [0.2, 0.25) is 11.7 Å². The molecule has 8 nitrogen and oxygen atoms in total. The van der Waals surface area contributed by atoms with Crippen LogP contribution in [0.25, 0.3) is 16.6 Å². The lowest BCUT2D eigenvalue weighted by Crippen LogP contribution is -2.08. The van der Waals surface area contributed by atoms with Crippen LogP contribution in [0.5, 0.6) is 11.6 Å². The molecule has 0 saturated heterocycles. The van der Waals surface area contributed by atoms with E-state index in [2.05, 4.69) is 19.8 Å². The molecule has 0 atom stereocenters. The van der Waals surface area contributed by atoms with Crippen molar-refractivity contribution in [3.8, 4) is 17.3 Å². The number of halogens is 2. The number of H-pyrrole nitrogens is 1. The summed E-state index contributed by atoms with van der Waals surface area (Å²) in [6.45, 7) is 3.47. The highest BCUT2D eigenvalue weighted by molar-refractivity contribution is 8.00. The molecule has 4 N–H and O–H groups in total. The monoisotopic (exact) mass is 548 g/mol. The van der Waals surface area contributed by atoms with Crippen molar-refractivity contribution >= 4 is 40.1 Å². The minimum atomic E-state index is -0.355. The quantitative estimate of drug-likeness (QED) is 0.103. The maximum absolute atomic E-state index is 13.4. The zero-order valence-electron chi connectivity index (χ0n) is 21.3. The summed E-state index contributed by atoms with van der Waals surface area (Å²) >= 11 is 1.44. The molecule has 0 bridgehead atoms. The predicted octanol–water partition coefficient (Wildman–Crippen LogP) is 6.53. The average molecular weight is 549 g/mol. The second-order valence-electron chi connectivity index (χ2n) is 8.98. The van der Waals surface area contributed by atoms with Gasteiger partial charge >= 0.3 is 0 Å². The minimum absolute atomic E-state index is 0.179. The van der Waals surface area contributed by atoms with Crippen LogP contribution in [0.1, 0.15) is 33.6 Å². The van der Waals surface area contributed by atoms with E-state index in [-0.39, 0.29) is 29.7 Å². The van der Waals surface area contributed by atoms with Gasteiger partial charge in [-0.15, -0.1) is 0 Å². The number of carbonyl (C=O) groups is 1. The number of nitrogens with one attached hydrogen (secondary N) is 2. The van der Waals surface area contributed by atoms with E-state index in [1.165, 1.54) is 47.1 Å². The number of ketones is 1. The first-order chi connectivity index (χ1) is 18.8. The van der Waals surface area contributed by atoms with Crippen molar-refractivity contribution in [2.24, 2.45) is 0 Å². The number of hydrogen-bond acceptors (Lipinski definition) is 7. The Bertz CT molecular complexity index is 1650.